The highest BCUT2D eigenvalue weighted by atomic mass is 35.6. The van der Waals surface area contributed by atoms with Crippen LogP contribution in [0.4, 0.5) is 21.9 Å². The van der Waals surface area contributed by atoms with Crippen LogP contribution >= 0.6 is 58.2 Å². The molecule has 0 aliphatic heterocycles. The summed E-state index contributed by atoms with van der Waals surface area (Å²) in [5, 5.41) is 3.16. The second kappa shape index (κ2) is 11.6. The molecule has 3 N–H and O–H groups in total. The van der Waals surface area contributed by atoms with Crippen molar-refractivity contribution in [3.63, 3.8) is 0 Å². The van der Waals surface area contributed by atoms with E-state index in [-0.39, 0.29) is 12.5 Å². The monoisotopic (exact) mass is 571 g/mol. The van der Waals surface area contributed by atoms with E-state index in [0.29, 0.717) is 22.0 Å². The fraction of sp³-hybridized carbons (Fsp3) is 0.167. The van der Waals surface area contributed by atoms with Crippen molar-refractivity contribution in [1.82, 2.24) is 0 Å². The van der Waals surface area contributed by atoms with E-state index < -0.39 is 9.89 Å². The number of ether oxygens (including phenoxy) is 1. The van der Waals surface area contributed by atoms with Crippen molar-refractivity contribution < 1.29 is 14.3 Å². The Morgan fingerprint density at radius 2 is 1.74 bits per heavy atom. The Morgan fingerprint density at radius 1 is 1.06 bits per heavy atom. The number of nitrogens with zero attached hydrogens (tertiary/aromatic N) is 1. The fourth-order valence-electron chi connectivity index (χ4n) is 3.11. The minimum Gasteiger partial charge on any atom is -0.445 e. The van der Waals surface area contributed by atoms with E-state index >= 15 is 0 Å². The molecule has 0 unspecified atom stereocenters. The molecule has 3 aromatic carbocycles. The second-order valence-corrected chi connectivity index (χ2v) is 11.6. The van der Waals surface area contributed by atoms with Crippen LogP contribution in [0.3, 0.4) is 0 Å². The lowest BCUT2D eigenvalue weighted by atomic mass is 10.1. The molecule has 0 aliphatic carbocycles. The van der Waals surface area contributed by atoms with Gasteiger partial charge in [0.1, 0.15) is 6.61 Å². The van der Waals surface area contributed by atoms with E-state index in [1.165, 1.54) is 11.8 Å². The topological polar surface area (TPSA) is 84.7 Å². The molecule has 11 heteroatoms. The van der Waals surface area contributed by atoms with Gasteiger partial charge in [0.15, 0.2) is 0 Å². The maximum absolute atomic E-state index is 13.0. The SMILES string of the molecule is Cc1cc(Cl)ccc1N(C)C(=O)c1ccc(Sc2ccc(NC(=O)OCC(Cl)(Cl)Cl)cc2)c(N)c1. The molecule has 184 valence electrons. The highest BCUT2D eigenvalue weighted by molar-refractivity contribution is 7.99. The smallest absolute Gasteiger partial charge is 0.411 e. The number of hydrogen-bond donors (Lipinski definition) is 2. The van der Waals surface area contributed by atoms with E-state index in [9.17, 15) is 9.59 Å². The Labute approximate surface area is 227 Å². The summed E-state index contributed by atoms with van der Waals surface area (Å²) in [6.45, 7) is 1.52. The number of rotatable bonds is 6. The number of nitrogens with two attached hydrogens (primary N) is 1. The lowest BCUT2D eigenvalue weighted by Gasteiger charge is -2.20. The first-order valence-electron chi connectivity index (χ1n) is 10.1. The van der Waals surface area contributed by atoms with Gasteiger partial charge in [-0.3, -0.25) is 10.1 Å². The maximum atomic E-state index is 13.0. The zero-order chi connectivity index (χ0) is 25.8. The van der Waals surface area contributed by atoms with Crippen LogP contribution in [0.2, 0.25) is 5.02 Å². The number of benzene rings is 3. The van der Waals surface area contributed by atoms with Crippen LogP contribution in [0, 0.1) is 6.92 Å². The molecule has 0 aromatic heterocycles. The standard InChI is InChI=1S/C24H21Cl4N3O3S/c1-14-11-16(25)4-9-20(14)31(2)22(32)15-3-10-21(19(29)12-15)35-18-7-5-17(6-8-18)30-23(33)34-13-24(26,27)28/h3-12H,13,29H2,1-2H3,(H,30,33). The second-order valence-electron chi connectivity index (χ2n) is 7.49. The summed E-state index contributed by atoms with van der Waals surface area (Å²) in [5.74, 6) is -0.185. The third-order valence-corrected chi connectivity index (χ3v) is 6.44. The maximum Gasteiger partial charge on any atom is 0.411 e. The number of carbonyl (C=O) groups excluding carboxylic acids is 2. The zero-order valence-electron chi connectivity index (χ0n) is 18.7. The zero-order valence-corrected chi connectivity index (χ0v) is 22.5. The predicted octanol–water partition coefficient (Wildman–Crippen LogP) is 7.58. The van der Waals surface area contributed by atoms with Crippen molar-refractivity contribution in [1.29, 1.82) is 0 Å². The molecule has 3 rings (SSSR count). The van der Waals surface area contributed by atoms with Gasteiger partial charge in [-0.1, -0.05) is 58.2 Å². The van der Waals surface area contributed by atoms with E-state index in [4.69, 9.17) is 56.9 Å². The summed E-state index contributed by atoms with van der Waals surface area (Å²) in [7, 11) is 1.71. The van der Waals surface area contributed by atoms with Gasteiger partial charge in [0.25, 0.3) is 5.91 Å². The third-order valence-electron chi connectivity index (χ3n) is 4.78. The Bertz CT molecular complexity index is 1230. The number of carbonyl (C=O) groups is 2. The van der Waals surface area contributed by atoms with E-state index in [1.807, 2.05) is 31.2 Å². The summed E-state index contributed by atoms with van der Waals surface area (Å²) in [6, 6.07) is 17.6. The molecule has 0 aliphatic rings. The molecule has 2 amide bonds. The number of nitrogens with one attached hydrogen (secondary N) is 1. The Balaban J connectivity index is 1.64. The van der Waals surface area contributed by atoms with Gasteiger partial charge >= 0.3 is 6.09 Å². The average Bonchev–Trinajstić information content (AvgIpc) is 2.79. The molecule has 35 heavy (non-hydrogen) atoms. The van der Waals surface area contributed by atoms with E-state index in [1.54, 1.807) is 48.3 Å². The molecule has 0 spiro atoms. The molecule has 0 fully saturated rings. The quantitative estimate of drug-likeness (QED) is 0.235. The number of nitrogen functional groups attached to an aromatic ring is 1. The molecular formula is C24H21Cl4N3O3S. The molecule has 0 saturated carbocycles. The Morgan fingerprint density at radius 3 is 2.34 bits per heavy atom. The number of amides is 2. The summed E-state index contributed by atoms with van der Waals surface area (Å²) >= 11 is 24.1. The van der Waals surface area contributed by atoms with Gasteiger partial charge in [-0.05, 0) is 73.2 Å². The van der Waals surface area contributed by atoms with Gasteiger partial charge < -0.3 is 15.4 Å². The van der Waals surface area contributed by atoms with E-state index in [0.717, 1.165) is 21.0 Å². The molecule has 0 saturated heterocycles. The lowest BCUT2D eigenvalue weighted by molar-refractivity contribution is 0.0992. The number of halogens is 4. The van der Waals surface area contributed by atoms with Gasteiger partial charge in [-0.25, -0.2) is 4.79 Å². The highest BCUT2D eigenvalue weighted by Gasteiger charge is 2.22. The van der Waals surface area contributed by atoms with E-state index in [2.05, 4.69) is 5.32 Å². The van der Waals surface area contributed by atoms with Crippen LogP contribution in [-0.4, -0.2) is 29.4 Å². The predicted molar refractivity (Wildman–Crippen MR) is 146 cm³/mol. The Hall–Kier alpha value is -2.29. The number of aryl methyl sites for hydroxylation is 1. The van der Waals surface area contributed by atoms with Crippen LogP contribution in [-0.2, 0) is 4.74 Å². The van der Waals surface area contributed by atoms with Gasteiger partial charge in [-0.15, -0.1) is 0 Å². The van der Waals surface area contributed by atoms with Crippen LogP contribution in [0.15, 0.2) is 70.5 Å². The first kappa shape index (κ1) is 27.3. The molecule has 3 aromatic rings. The molecule has 0 atom stereocenters. The van der Waals surface area contributed by atoms with Gasteiger partial charge in [0.05, 0.1) is 0 Å². The average molecular weight is 573 g/mol. The molecule has 0 heterocycles. The van der Waals surface area contributed by atoms with Crippen molar-refractivity contribution in [2.75, 3.05) is 29.6 Å². The first-order valence-corrected chi connectivity index (χ1v) is 12.5. The van der Waals surface area contributed by atoms with Crippen molar-refractivity contribution in [3.8, 4) is 0 Å². The lowest BCUT2D eigenvalue weighted by Crippen LogP contribution is -2.27. The molecular weight excluding hydrogens is 552 g/mol. The van der Waals surface area contributed by atoms with Crippen LogP contribution < -0.4 is 16.0 Å². The molecule has 6 nitrogen and oxygen atoms in total. The van der Waals surface area contributed by atoms with Crippen molar-refractivity contribution >= 4 is 87.2 Å². The highest BCUT2D eigenvalue weighted by Crippen LogP contribution is 2.34. The number of anilines is 3. The minimum atomic E-state index is -1.68. The first-order chi connectivity index (χ1) is 16.4. The summed E-state index contributed by atoms with van der Waals surface area (Å²) in [5.41, 5.74) is 9.36. The summed E-state index contributed by atoms with van der Waals surface area (Å²) < 4.78 is 3.16. The summed E-state index contributed by atoms with van der Waals surface area (Å²) in [4.78, 5) is 28.0. The van der Waals surface area contributed by atoms with Crippen LogP contribution in [0.25, 0.3) is 0 Å². The van der Waals surface area contributed by atoms with Crippen molar-refractivity contribution in [3.05, 3.63) is 76.8 Å². The normalized spacial score (nSPS) is 11.1. The van der Waals surface area contributed by atoms with Gasteiger partial charge in [-0.2, -0.15) is 0 Å². The molecule has 0 radical (unpaired) electrons. The largest absolute Gasteiger partial charge is 0.445 e. The van der Waals surface area contributed by atoms with Gasteiger partial charge in [0.2, 0.25) is 3.79 Å². The third kappa shape index (κ3) is 7.85. The molecule has 0 bridgehead atoms. The minimum absolute atomic E-state index is 0.185. The Kier molecular flexibility index (Phi) is 9.07. The number of alkyl halides is 3. The van der Waals surface area contributed by atoms with Crippen LogP contribution in [0.1, 0.15) is 15.9 Å². The van der Waals surface area contributed by atoms with Crippen molar-refractivity contribution in [2.45, 2.75) is 20.5 Å². The fourth-order valence-corrected chi connectivity index (χ4v) is 4.34. The van der Waals surface area contributed by atoms with Crippen molar-refractivity contribution in [2.24, 2.45) is 0 Å². The summed E-state index contributed by atoms with van der Waals surface area (Å²) in [6.07, 6.45) is -0.736. The van der Waals surface area contributed by atoms with Crippen LogP contribution in [0.5, 0.6) is 0 Å². The number of hydrogen-bond acceptors (Lipinski definition) is 5. The van der Waals surface area contributed by atoms with Gasteiger partial charge in [0, 0.05) is 44.5 Å².